The van der Waals surface area contributed by atoms with Crippen LogP contribution in [0.3, 0.4) is 0 Å². The summed E-state index contributed by atoms with van der Waals surface area (Å²) in [5, 5.41) is 2.73. The van der Waals surface area contributed by atoms with Crippen molar-refractivity contribution in [3.05, 3.63) is 12.1 Å². The molecule has 0 bridgehead atoms. The van der Waals surface area contributed by atoms with Crippen LogP contribution < -0.4 is 20.5 Å². The van der Waals surface area contributed by atoms with Crippen molar-refractivity contribution in [1.29, 1.82) is 0 Å². The fourth-order valence-electron chi connectivity index (χ4n) is 2.71. The van der Waals surface area contributed by atoms with Crippen LogP contribution in [-0.4, -0.2) is 33.1 Å². The van der Waals surface area contributed by atoms with E-state index < -0.39 is 15.3 Å². The largest absolute Gasteiger partial charge is 0.454 e. The minimum absolute atomic E-state index is 0. The number of hydrogen-bond donors (Lipinski definition) is 2. The van der Waals surface area contributed by atoms with Crippen LogP contribution in [0.15, 0.2) is 12.1 Å². The van der Waals surface area contributed by atoms with Gasteiger partial charge in [-0.15, -0.1) is 12.4 Å². The lowest BCUT2D eigenvalue weighted by Crippen LogP contribution is -2.23. The molecular weight excluding hydrogens is 344 g/mol. The molecule has 0 unspecified atom stereocenters. The summed E-state index contributed by atoms with van der Waals surface area (Å²) in [5.41, 5.74) is 6.29. The Labute approximate surface area is 140 Å². The number of halogens is 1. The summed E-state index contributed by atoms with van der Waals surface area (Å²) >= 11 is 0. The number of ether oxygens (including phenoxy) is 2. The lowest BCUT2D eigenvalue weighted by Gasteiger charge is -2.14. The van der Waals surface area contributed by atoms with Gasteiger partial charge >= 0.3 is 0 Å². The van der Waals surface area contributed by atoms with Crippen LogP contribution in [0.4, 0.5) is 11.4 Å². The zero-order valence-electron chi connectivity index (χ0n) is 12.6. The Hall–Kier alpha value is -1.67. The molecule has 0 saturated heterocycles. The third-order valence-electron chi connectivity index (χ3n) is 3.88. The van der Waals surface area contributed by atoms with Crippen LogP contribution in [0.5, 0.6) is 11.5 Å². The van der Waals surface area contributed by atoms with Crippen molar-refractivity contribution in [1.82, 2.24) is 0 Å². The molecule has 0 radical (unpaired) electrons. The smallest absolute Gasteiger partial charge is 0.231 e. The van der Waals surface area contributed by atoms with Gasteiger partial charge in [-0.2, -0.15) is 0 Å². The van der Waals surface area contributed by atoms with Crippen LogP contribution >= 0.6 is 12.4 Å². The number of nitrogen functional groups attached to an aromatic ring is 1. The molecule has 0 spiro atoms. The molecule has 9 heteroatoms. The van der Waals surface area contributed by atoms with Gasteiger partial charge in [-0.05, 0) is 18.3 Å². The van der Waals surface area contributed by atoms with Gasteiger partial charge in [-0.25, -0.2) is 8.42 Å². The molecule has 3 rings (SSSR count). The predicted molar refractivity (Wildman–Crippen MR) is 88.8 cm³/mol. The highest BCUT2D eigenvalue weighted by molar-refractivity contribution is 7.90. The van der Waals surface area contributed by atoms with Gasteiger partial charge in [-0.3, -0.25) is 4.79 Å². The zero-order chi connectivity index (χ0) is 16.0. The fraction of sp³-hybridized carbons (Fsp3) is 0.500. The average molecular weight is 363 g/mol. The highest BCUT2D eigenvalue weighted by Gasteiger charge is 2.46. The molecule has 2 aliphatic rings. The summed E-state index contributed by atoms with van der Waals surface area (Å²) in [4.78, 5) is 12.2. The lowest BCUT2D eigenvalue weighted by molar-refractivity contribution is -0.117. The molecule has 128 valence electrons. The monoisotopic (exact) mass is 362 g/mol. The van der Waals surface area contributed by atoms with E-state index in [4.69, 9.17) is 15.2 Å². The normalized spacial score (nSPS) is 17.3. The van der Waals surface area contributed by atoms with Gasteiger partial charge in [0.05, 0.1) is 17.1 Å². The van der Waals surface area contributed by atoms with Crippen molar-refractivity contribution >= 4 is 39.5 Å². The average Bonchev–Trinajstić information content (AvgIpc) is 2.94. The maximum atomic E-state index is 12.2. The molecule has 1 aliphatic heterocycles. The first-order valence-electron chi connectivity index (χ1n) is 6.93. The third-order valence-corrected chi connectivity index (χ3v) is 5.02. The molecule has 1 amide bonds. The van der Waals surface area contributed by atoms with Gasteiger partial charge in [0, 0.05) is 24.8 Å². The Kier molecular flexibility index (Phi) is 4.68. The van der Waals surface area contributed by atoms with Crippen molar-refractivity contribution < 1.29 is 22.7 Å². The molecule has 23 heavy (non-hydrogen) atoms. The summed E-state index contributed by atoms with van der Waals surface area (Å²) < 4.78 is 33.3. The van der Waals surface area contributed by atoms with Gasteiger partial charge in [0.1, 0.15) is 9.84 Å². The zero-order valence-corrected chi connectivity index (χ0v) is 14.3. The summed E-state index contributed by atoms with van der Waals surface area (Å²) in [6.45, 7) is 0.129. The van der Waals surface area contributed by atoms with E-state index in [0.717, 1.165) is 12.8 Å². The third kappa shape index (κ3) is 4.20. The number of carbonyl (C=O) groups excluding carboxylic acids is 1. The second-order valence-corrected chi connectivity index (χ2v) is 8.23. The first-order valence-corrected chi connectivity index (χ1v) is 8.99. The quantitative estimate of drug-likeness (QED) is 0.770. The van der Waals surface area contributed by atoms with E-state index >= 15 is 0 Å². The highest BCUT2D eigenvalue weighted by Crippen LogP contribution is 2.50. The van der Waals surface area contributed by atoms with E-state index in [-0.39, 0.29) is 37.3 Å². The Bertz CT molecular complexity index is 731. The van der Waals surface area contributed by atoms with Gasteiger partial charge in [0.15, 0.2) is 11.5 Å². The number of carbonyl (C=O) groups is 1. The maximum Gasteiger partial charge on any atom is 0.231 e. The highest BCUT2D eigenvalue weighted by atomic mass is 35.5. The molecule has 1 aromatic carbocycles. The van der Waals surface area contributed by atoms with Crippen molar-refractivity contribution in [2.24, 2.45) is 5.41 Å². The van der Waals surface area contributed by atoms with Gasteiger partial charge < -0.3 is 20.5 Å². The standard InChI is InChI=1S/C14H18N2O5S.ClH/c1-22(18,19)7-14(2-3-14)6-13(17)16-10-5-12-11(4-9(10)15)20-8-21-12;/h4-5H,2-3,6-8,15H2,1H3,(H,16,17);1H. The SMILES string of the molecule is CS(=O)(=O)CC1(CC(=O)Nc2cc3c(cc2N)OCO3)CC1.Cl. The minimum Gasteiger partial charge on any atom is -0.454 e. The van der Waals surface area contributed by atoms with Gasteiger partial charge in [-0.1, -0.05) is 0 Å². The molecule has 1 saturated carbocycles. The molecule has 3 N–H and O–H groups in total. The lowest BCUT2D eigenvalue weighted by atomic mass is 10.0. The van der Waals surface area contributed by atoms with Crippen molar-refractivity contribution in [2.75, 3.05) is 29.9 Å². The summed E-state index contributed by atoms with van der Waals surface area (Å²) in [6, 6.07) is 3.22. The first kappa shape index (κ1) is 17.7. The van der Waals surface area contributed by atoms with E-state index in [9.17, 15) is 13.2 Å². The Morgan fingerprint density at radius 1 is 1.30 bits per heavy atom. The Morgan fingerprint density at radius 3 is 2.48 bits per heavy atom. The first-order chi connectivity index (χ1) is 10.3. The van der Waals surface area contributed by atoms with Crippen molar-refractivity contribution in [3.63, 3.8) is 0 Å². The molecule has 7 nitrogen and oxygen atoms in total. The molecule has 1 fully saturated rings. The van der Waals surface area contributed by atoms with Gasteiger partial charge in [0.2, 0.25) is 12.7 Å². The molecule has 1 heterocycles. The van der Waals surface area contributed by atoms with E-state index in [0.29, 0.717) is 22.9 Å². The second kappa shape index (κ2) is 6.09. The summed E-state index contributed by atoms with van der Waals surface area (Å²) in [5.74, 6) is 0.879. The van der Waals surface area contributed by atoms with Crippen LogP contribution in [0.1, 0.15) is 19.3 Å². The molecule has 0 atom stereocenters. The molecule has 0 aromatic heterocycles. The number of hydrogen-bond acceptors (Lipinski definition) is 6. The summed E-state index contributed by atoms with van der Waals surface area (Å²) in [6.07, 6.45) is 2.88. The van der Waals surface area contributed by atoms with Crippen LogP contribution in [0.2, 0.25) is 0 Å². The number of benzene rings is 1. The number of fused-ring (bicyclic) bond motifs is 1. The predicted octanol–water partition coefficient (Wildman–Crippen LogP) is 1.57. The van der Waals surface area contributed by atoms with E-state index in [1.807, 2.05) is 0 Å². The molecule has 1 aromatic rings. The summed E-state index contributed by atoms with van der Waals surface area (Å²) in [7, 11) is -3.10. The van der Waals surface area contributed by atoms with E-state index in [2.05, 4.69) is 5.32 Å². The maximum absolute atomic E-state index is 12.2. The van der Waals surface area contributed by atoms with Crippen LogP contribution in [0, 0.1) is 5.41 Å². The number of anilines is 2. The van der Waals surface area contributed by atoms with Crippen LogP contribution in [0.25, 0.3) is 0 Å². The van der Waals surface area contributed by atoms with Crippen LogP contribution in [-0.2, 0) is 14.6 Å². The number of amides is 1. The number of nitrogens with one attached hydrogen (secondary N) is 1. The fourth-order valence-corrected chi connectivity index (χ4v) is 4.21. The Morgan fingerprint density at radius 2 is 1.91 bits per heavy atom. The number of rotatable bonds is 5. The Balaban J connectivity index is 0.00000192. The molecule has 1 aliphatic carbocycles. The van der Waals surface area contributed by atoms with Crippen molar-refractivity contribution in [3.8, 4) is 11.5 Å². The van der Waals surface area contributed by atoms with Gasteiger partial charge in [0.25, 0.3) is 0 Å². The topological polar surface area (TPSA) is 108 Å². The second-order valence-electron chi connectivity index (χ2n) is 6.09. The molecular formula is C14H19ClN2O5S. The minimum atomic E-state index is -3.10. The number of sulfone groups is 1. The van der Waals surface area contributed by atoms with E-state index in [1.165, 1.54) is 6.26 Å². The number of nitrogens with two attached hydrogens (primary N) is 1. The van der Waals surface area contributed by atoms with E-state index in [1.54, 1.807) is 12.1 Å². The van der Waals surface area contributed by atoms with Crippen molar-refractivity contribution in [2.45, 2.75) is 19.3 Å².